The van der Waals surface area contributed by atoms with E-state index in [2.05, 4.69) is 26.9 Å². The minimum Gasteiger partial charge on any atom is -0.493 e. The number of benzene rings is 2. The number of aromatic nitrogens is 6. The Morgan fingerprint density at radius 1 is 0.719 bits per heavy atom. The van der Waals surface area contributed by atoms with E-state index in [1.165, 1.54) is 0 Å². The monoisotopic (exact) mass is 850 g/mol. The first kappa shape index (κ1) is 40.9. The highest BCUT2D eigenvalue weighted by molar-refractivity contribution is 7.99. The maximum Gasteiger partial charge on any atom is 0.220 e. The van der Waals surface area contributed by atoms with Crippen molar-refractivity contribution in [3.05, 3.63) is 85.5 Å². The second kappa shape index (κ2) is 18.1. The van der Waals surface area contributed by atoms with Crippen molar-refractivity contribution in [2.45, 2.75) is 49.8 Å². The molecule has 0 aliphatic carbocycles. The lowest BCUT2D eigenvalue weighted by molar-refractivity contribution is 0.266. The van der Waals surface area contributed by atoms with Gasteiger partial charge in [-0.15, -0.1) is 0 Å². The van der Waals surface area contributed by atoms with Gasteiger partial charge in [-0.25, -0.2) is 36.8 Å². The molecule has 2 saturated heterocycles. The average molecular weight is 851 g/mol. The third kappa shape index (κ3) is 10.0. The molecule has 0 amide bonds. The molecule has 302 valence electrons. The Morgan fingerprint density at radius 2 is 1.26 bits per heavy atom. The fraction of sp³-hybridized carbons (Fsp3) is 0.400. The summed E-state index contributed by atoms with van der Waals surface area (Å²) in [5.41, 5.74) is 1.91. The van der Waals surface area contributed by atoms with Crippen LogP contribution in [-0.4, -0.2) is 97.8 Å². The van der Waals surface area contributed by atoms with E-state index >= 15 is 0 Å². The quantitative estimate of drug-likeness (QED) is 0.0866. The summed E-state index contributed by atoms with van der Waals surface area (Å²) in [6.45, 7) is 4.93. The van der Waals surface area contributed by atoms with E-state index in [-0.39, 0.29) is 34.8 Å². The fourth-order valence-electron chi connectivity index (χ4n) is 6.93. The van der Waals surface area contributed by atoms with Crippen LogP contribution in [0.25, 0.3) is 33.4 Å². The van der Waals surface area contributed by atoms with Gasteiger partial charge < -0.3 is 18.6 Å². The lowest BCUT2D eigenvalue weighted by Crippen LogP contribution is -2.13. The van der Waals surface area contributed by atoms with E-state index in [4.69, 9.17) is 9.47 Å². The first-order valence-corrected chi connectivity index (χ1v) is 25.0. The minimum atomic E-state index is -2.91. The molecule has 4 aromatic heterocycles. The molecule has 8 rings (SSSR count). The van der Waals surface area contributed by atoms with Crippen LogP contribution in [0, 0.1) is 11.8 Å². The third-order valence-electron chi connectivity index (χ3n) is 9.75. The highest BCUT2D eigenvalue weighted by atomic mass is 32.2. The van der Waals surface area contributed by atoms with Crippen LogP contribution in [0.2, 0.25) is 0 Å². The summed E-state index contributed by atoms with van der Waals surface area (Å²) in [5, 5.41) is 3.02. The molecule has 6 heterocycles. The summed E-state index contributed by atoms with van der Waals surface area (Å²) < 4.78 is 74.8. The van der Waals surface area contributed by atoms with Crippen LogP contribution >= 0.6 is 11.8 Å². The lowest BCUT2D eigenvalue weighted by atomic mass is 10.1. The second-order valence-electron chi connectivity index (χ2n) is 14.2. The number of nitrogens with zero attached hydrogens (tertiary/aromatic N) is 6. The van der Waals surface area contributed by atoms with Gasteiger partial charge in [0.25, 0.3) is 0 Å². The number of rotatable bonds is 14. The highest BCUT2D eigenvalue weighted by Crippen LogP contribution is 2.31. The first-order valence-electron chi connectivity index (χ1n) is 19.1. The molecule has 0 saturated carbocycles. The van der Waals surface area contributed by atoms with Gasteiger partial charge in [-0.2, -0.15) is 0 Å². The van der Waals surface area contributed by atoms with Crippen LogP contribution < -0.4 is 9.47 Å². The van der Waals surface area contributed by atoms with Crippen molar-refractivity contribution in [1.82, 2.24) is 29.1 Å². The molecule has 3 unspecified atom stereocenters. The molecule has 2 aromatic carbocycles. The molecule has 13 nitrogen and oxygen atoms in total. The molecule has 0 bridgehead atoms. The van der Waals surface area contributed by atoms with Gasteiger partial charge in [0, 0.05) is 58.9 Å². The molecule has 2 aliphatic heterocycles. The van der Waals surface area contributed by atoms with Crippen molar-refractivity contribution in [2.24, 2.45) is 11.8 Å². The maximum absolute atomic E-state index is 12.3. The van der Waals surface area contributed by atoms with Gasteiger partial charge in [0.15, 0.2) is 24.8 Å². The number of thioether (sulfide) groups is 1. The van der Waals surface area contributed by atoms with Crippen LogP contribution in [0.15, 0.2) is 95.8 Å². The second-order valence-corrected chi connectivity index (χ2v) is 21.2. The van der Waals surface area contributed by atoms with Gasteiger partial charge in [-0.1, -0.05) is 37.7 Å². The molecule has 2 fully saturated rings. The van der Waals surface area contributed by atoms with Crippen LogP contribution in [0.1, 0.15) is 39.5 Å². The molecule has 57 heavy (non-hydrogen) atoms. The normalized spacial score (nSPS) is 19.0. The molecular formula is C40H46N6O7S4. The standard InChI is InChI=1S/C20H23N3O4S2.C20H23N3O3S2/c1-2-11-28(24)20-21-9-6-19(22-20)23-10-7-16-17(23)4-3-5-18(16)27-13-15-8-12-29(25,26)14-15;1-2-11-27-20-21-9-6-19(22-20)23-10-7-16-17(23)4-3-5-18(16)26-13-15-8-12-28(24,25)14-15/h3-7,9-10,15H,2,8,11-14H2,1H3;3-7,9-10,15H,2,8,11-14H2,1H3. The van der Waals surface area contributed by atoms with E-state index in [1.807, 2.05) is 83.0 Å². The summed E-state index contributed by atoms with van der Waals surface area (Å²) in [6.07, 6.45) is 10.5. The summed E-state index contributed by atoms with van der Waals surface area (Å²) >= 11 is 1.65. The van der Waals surface area contributed by atoms with Crippen LogP contribution in [-0.2, 0) is 30.5 Å². The van der Waals surface area contributed by atoms with Crippen molar-refractivity contribution < 1.29 is 30.5 Å². The smallest absolute Gasteiger partial charge is 0.220 e. The maximum atomic E-state index is 12.3. The topological polar surface area (TPSA) is 165 Å². The summed E-state index contributed by atoms with van der Waals surface area (Å²) in [5.74, 6) is 5.53. The Morgan fingerprint density at radius 3 is 1.77 bits per heavy atom. The van der Waals surface area contributed by atoms with Crippen LogP contribution in [0.4, 0.5) is 0 Å². The highest BCUT2D eigenvalue weighted by Gasteiger charge is 2.29. The van der Waals surface area contributed by atoms with Gasteiger partial charge in [0.1, 0.15) is 23.1 Å². The summed E-state index contributed by atoms with van der Waals surface area (Å²) in [6, 6.07) is 19.3. The fourth-order valence-corrected chi connectivity index (χ4v) is 12.2. The number of sulfone groups is 2. The lowest BCUT2D eigenvalue weighted by Gasteiger charge is -2.12. The largest absolute Gasteiger partial charge is 0.493 e. The van der Waals surface area contributed by atoms with Gasteiger partial charge in [0.05, 0.1) is 58.1 Å². The third-order valence-corrected chi connectivity index (χ3v) is 15.9. The number of hydrogen-bond donors (Lipinski definition) is 0. The van der Waals surface area contributed by atoms with E-state index in [9.17, 15) is 21.0 Å². The minimum absolute atomic E-state index is 0.0373. The van der Waals surface area contributed by atoms with E-state index in [0.29, 0.717) is 42.8 Å². The Kier molecular flexibility index (Phi) is 13.0. The Hall–Kier alpha value is -4.32. The predicted octanol–water partition coefficient (Wildman–Crippen LogP) is 6.49. The Bertz CT molecular complexity index is 2590. The first-order chi connectivity index (χ1) is 27.5. The molecule has 0 N–H and O–H groups in total. The number of fused-ring (bicyclic) bond motifs is 2. The molecule has 0 radical (unpaired) electrons. The van der Waals surface area contributed by atoms with Gasteiger partial charge in [-0.3, -0.25) is 4.21 Å². The summed E-state index contributed by atoms with van der Waals surface area (Å²) in [4.78, 5) is 17.6. The molecular weight excluding hydrogens is 805 g/mol. The van der Waals surface area contributed by atoms with Gasteiger partial charge >= 0.3 is 0 Å². The van der Waals surface area contributed by atoms with Crippen molar-refractivity contribution >= 4 is 64.0 Å². The Balaban J connectivity index is 0.000000174. The zero-order chi connectivity index (χ0) is 40.0. The zero-order valence-corrected chi connectivity index (χ0v) is 35.2. The van der Waals surface area contributed by atoms with E-state index in [1.54, 1.807) is 30.2 Å². The van der Waals surface area contributed by atoms with Crippen molar-refractivity contribution in [3.8, 4) is 23.1 Å². The average Bonchev–Trinajstić information content (AvgIpc) is 4.01. The SMILES string of the molecule is CCCS(=O)c1nccc(-n2ccc3c(OCC4CCS(=O)(=O)C4)cccc32)n1.CCCSc1nccc(-n2ccc3c(OCC4CCS(=O)(=O)C4)cccc32)n1. The van der Waals surface area contributed by atoms with Crippen molar-refractivity contribution in [3.63, 3.8) is 0 Å². The number of ether oxygens (including phenoxy) is 2. The van der Waals surface area contributed by atoms with Crippen LogP contribution in [0.5, 0.6) is 11.5 Å². The molecule has 17 heteroatoms. The van der Waals surface area contributed by atoms with Crippen LogP contribution in [0.3, 0.4) is 0 Å². The predicted molar refractivity (Wildman–Crippen MR) is 225 cm³/mol. The molecule has 2 aliphatic rings. The van der Waals surface area contributed by atoms with E-state index in [0.717, 1.165) is 62.9 Å². The Labute approximate surface area is 339 Å². The summed E-state index contributed by atoms with van der Waals surface area (Å²) in [7, 11) is -7.01. The number of hydrogen-bond acceptors (Lipinski definition) is 12. The zero-order valence-electron chi connectivity index (χ0n) is 31.9. The molecule has 3 atom stereocenters. The molecule has 0 spiro atoms. The molecule has 6 aromatic rings. The van der Waals surface area contributed by atoms with Crippen molar-refractivity contribution in [2.75, 3.05) is 47.7 Å². The van der Waals surface area contributed by atoms with Crippen molar-refractivity contribution in [1.29, 1.82) is 0 Å². The van der Waals surface area contributed by atoms with E-state index < -0.39 is 30.5 Å². The van der Waals surface area contributed by atoms with Gasteiger partial charge in [-0.05, 0) is 74.2 Å². The van der Waals surface area contributed by atoms with Gasteiger partial charge in [0.2, 0.25) is 5.16 Å².